The largest absolute Gasteiger partial charge is 0.325 e. The van der Waals surface area contributed by atoms with E-state index in [4.69, 9.17) is 0 Å². The number of nitrogens with one attached hydrogen (secondary N) is 2. The summed E-state index contributed by atoms with van der Waals surface area (Å²) in [6.07, 6.45) is 1.10. The van der Waals surface area contributed by atoms with Crippen molar-refractivity contribution in [1.82, 2.24) is 5.32 Å². The highest BCUT2D eigenvalue weighted by atomic mass is 16.1. The summed E-state index contributed by atoms with van der Waals surface area (Å²) in [6, 6.07) is 9.50. The Hall–Kier alpha value is -1.35. The van der Waals surface area contributed by atoms with Gasteiger partial charge >= 0.3 is 0 Å². The molecule has 0 spiro atoms. The van der Waals surface area contributed by atoms with E-state index in [1.54, 1.807) is 0 Å². The summed E-state index contributed by atoms with van der Waals surface area (Å²) in [7, 11) is 0. The van der Waals surface area contributed by atoms with Crippen molar-refractivity contribution < 1.29 is 4.79 Å². The average molecular weight is 220 g/mol. The van der Waals surface area contributed by atoms with Gasteiger partial charge in [0.2, 0.25) is 5.91 Å². The van der Waals surface area contributed by atoms with Crippen molar-refractivity contribution in [2.24, 2.45) is 5.92 Å². The lowest BCUT2D eigenvalue weighted by atomic mass is 10.1. The molecule has 0 aliphatic rings. The molecule has 0 aliphatic heterocycles. The number of carbonyl (C=O) groups excluding carboxylic acids is 1. The highest BCUT2D eigenvalue weighted by molar-refractivity contribution is 5.92. The average Bonchev–Trinajstić information content (AvgIpc) is 2.25. The molecule has 1 aromatic carbocycles. The monoisotopic (exact) mass is 220 g/mol. The minimum absolute atomic E-state index is 0.00922. The lowest BCUT2D eigenvalue weighted by Gasteiger charge is -2.07. The van der Waals surface area contributed by atoms with E-state index >= 15 is 0 Å². The summed E-state index contributed by atoms with van der Waals surface area (Å²) >= 11 is 0. The first-order chi connectivity index (χ1) is 7.68. The Bertz CT molecular complexity index is 309. The predicted molar refractivity (Wildman–Crippen MR) is 67.4 cm³/mol. The van der Waals surface area contributed by atoms with E-state index in [9.17, 15) is 4.79 Å². The smallest absolute Gasteiger partial charge is 0.238 e. The molecule has 1 aromatic rings. The van der Waals surface area contributed by atoms with Gasteiger partial charge in [-0.05, 0) is 31.0 Å². The van der Waals surface area contributed by atoms with E-state index in [-0.39, 0.29) is 5.91 Å². The summed E-state index contributed by atoms with van der Waals surface area (Å²) in [4.78, 5) is 11.5. The van der Waals surface area contributed by atoms with Crippen molar-refractivity contribution in [3.05, 3.63) is 30.3 Å². The van der Waals surface area contributed by atoms with E-state index in [1.807, 2.05) is 30.3 Å². The number of rotatable bonds is 6. The van der Waals surface area contributed by atoms with Crippen molar-refractivity contribution >= 4 is 11.6 Å². The maximum absolute atomic E-state index is 11.5. The topological polar surface area (TPSA) is 41.1 Å². The number of carbonyl (C=O) groups is 1. The van der Waals surface area contributed by atoms with Crippen LogP contribution in [0.25, 0.3) is 0 Å². The van der Waals surface area contributed by atoms with Crippen molar-refractivity contribution in [3.8, 4) is 0 Å². The molecule has 0 saturated carbocycles. The van der Waals surface area contributed by atoms with E-state index in [1.165, 1.54) is 0 Å². The Balaban J connectivity index is 2.17. The van der Waals surface area contributed by atoms with Crippen LogP contribution < -0.4 is 10.6 Å². The highest BCUT2D eigenvalue weighted by Crippen LogP contribution is 2.04. The van der Waals surface area contributed by atoms with Gasteiger partial charge in [-0.1, -0.05) is 32.0 Å². The van der Waals surface area contributed by atoms with Crippen LogP contribution in [0.5, 0.6) is 0 Å². The summed E-state index contributed by atoms with van der Waals surface area (Å²) in [6.45, 7) is 5.61. The molecule has 0 aliphatic carbocycles. The Morgan fingerprint density at radius 1 is 1.25 bits per heavy atom. The Labute approximate surface area is 97.2 Å². The first-order valence-electron chi connectivity index (χ1n) is 5.74. The second-order valence-electron chi connectivity index (χ2n) is 4.27. The second kappa shape index (κ2) is 7.01. The summed E-state index contributed by atoms with van der Waals surface area (Å²) in [5.41, 5.74) is 0.846. The molecule has 0 bridgehead atoms. The van der Waals surface area contributed by atoms with Crippen molar-refractivity contribution in [2.45, 2.75) is 20.3 Å². The minimum atomic E-state index is 0.00922. The van der Waals surface area contributed by atoms with E-state index in [0.717, 1.165) is 18.7 Å². The molecule has 3 nitrogen and oxygen atoms in total. The van der Waals surface area contributed by atoms with Gasteiger partial charge in [0.05, 0.1) is 6.54 Å². The van der Waals surface area contributed by atoms with Gasteiger partial charge in [-0.25, -0.2) is 0 Å². The predicted octanol–water partition coefficient (Wildman–Crippen LogP) is 2.26. The zero-order chi connectivity index (χ0) is 11.8. The van der Waals surface area contributed by atoms with Crippen LogP contribution in [0.2, 0.25) is 0 Å². The van der Waals surface area contributed by atoms with Gasteiger partial charge in [0, 0.05) is 5.69 Å². The van der Waals surface area contributed by atoms with Gasteiger partial charge < -0.3 is 10.6 Å². The van der Waals surface area contributed by atoms with Gasteiger partial charge in [-0.2, -0.15) is 0 Å². The summed E-state index contributed by atoms with van der Waals surface area (Å²) in [5.74, 6) is 0.680. The molecule has 0 atom stereocenters. The van der Waals surface area contributed by atoms with Crippen LogP contribution in [-0.4, -0.2) is 19.0 Å². The highest BCUT2D eigenvalue weighted by Gasteiger charge is 2.01. The number of hydrogen-bond acceptors (Lipinski definition) is 2. The Morgan fingerprint density at radius 2 is 1.94 bits per heavy atom. The SMILES string of the molecule is CC(C)CCNCC(=O)Nc1ccccc1. The van der Waals surface area contributed by atoms with Gasteiger partial charge in [-0.3, -0.25) is 4.79 Å². The molecule has 3 heteroatoms. The molecule has 0 fully saturated rings. The zero-order valence-electron chi connectivity index (χ0n) is 9.99. The fraction of sp³-hybridized carbons (Fsp3) is 0.462. The fourth-order valence-electron chi connectivity index (χ4n) is 1.32. The maximum Gasteiger partial charge on any atom is 0.238 e. The molecule has 0 heterocycles. The fourth-order valence-corrected chi connectivity index (χ4v) is 1.32. The van der Waals surface area contributed by atoms with Crippen LogP contribution in [0, 0.1) is 5.92 Å². The van der Waals surface area contributed by atoms with Crippen LogP contribution in [0.15, 0.2) is 30.3 Å². The van der Waals surface area contributed by atoms with Crippen molar-refractivity contribution in [1.29, 1.82) is 0 Å². The minimum Gasteiger partial charge on any atom is -0.325 e. The maximum atomic E-state index is 11.5. The Kier molecular flexibility index (Phi) is 5.57. The number of anilines is 1. The first kappa shape index (κ1) is 12.7. The van der Waals surface area contributed by atoms with Crippen LogP contribution in [0.3, 0.4) is 0 Å². The molecular weight excluding hydrogens is 200 g/mol. The molecule has 1 amide bonds. The normalized spacial score (nSPS) is 10.4. The Morgan fingerprint density at radius 3 is 2.56 bits per heavy atom. The van der Waals surface area contributed by atoms with Crippen LogP contribution in [0.1, 0.15) is 20.3 Å². The molecule has 0 radical (unpaired) electrons. The number of benzene rings is 1. The van der Waals surface area contributed by atoms with Crippen LogP contribution in [0.4, 0.5) is 5.69 Å². The quantitative estimate of drug-likeness (QED) is 0.722. The van der Waals surface area contributed by atoms with Crippen LogP contribution in [-0.2, 0) is 4.79 Å². The third kappa shape index (κ3) is 5.51. The molecule has 1 rings (SSSR count). The third-order valence-corrected chi connectivity index (χ3v) is 2.24. The van der Waals surface area contributed by atoms with Gasteiger partial charge in [-0.15, -0.1) is 0 Å². The lowest BCUT2D eigenvalue weighted by molar-refractivity contribution is -0.115. The van der Waals surface area contributed by atoms with E-state index in [2.05, 4.69) is 24.5 Å². The standard InChI is InChI=1S/C13H20N2O/c1-11(2)8-9-14-10-13(16)15-12-6-4-3-5-7-12/h3-7,11,14H,8-10H2,1-2H3,(H,15,16). The third-order valence-electron chi connectivity index (χ3n) is 2.24. The molecule has 88 valence electrons. The van der Waals surface area contributed by atoms with E-state index in [0.29, 0.717) is 12.5 Å². The molecule has 2 N–H and O–H groups in total. The molecule has 0 unspecified atom stereocenters. The second-order valence-corrected chi connectivity index (χ2v) is 4.27. The van der Waals surface area contributed by atoms with Crippen LogP contribution >= 0.6 is 0 Å². The first-order valence-corrected chi connectivity index (χ1v) is 5.74. The lowest BCUT2D eigenvalue weighted by Crippen LogP contribution is -2.29. The van der Waals surface area contributed by atoms with Gasteiger partial charge in [0.25, 0.3) is 0 Å². The zero-order valence-corrected chi connectivity index (χ0v) is 9.99. The van der Waals surface area contributed by atoms with Gasteiger partial charge in [0.15, 0.2) is 0 Å². The summed E-state index contributed by atoms with van der Waals surface area (Å²) in [5, 5.41) is 5.95. The van der Waals surface area contributed by atoms with Crippen molar-refractivity contribution in [2.75, 3.05) is 18.4 Å². The number of para-hydroxylation sites is 1. The number of amides is 1. The van der Waals surface area contributed by atoms with Crippen molar-refractivity contribution in [3.63, 3.8) is 0 Å². The molecule has 16 heavy (non-hydrogen) atoms. The van der Waals surface area contributed by atoms with Gasteiger partial charge in [0.1, 0.15) is 0 Å². The molecule has 0 saturated heterocycles. The summed E-state index contributed by atoms with van der Waals surface area (Å²) < 4.78 is 0. The van der Waals surface area contributed by atoms with E-state index < -0.39 is 0 Å². The molecule has 0 aromatic heterocycles. The number of hydrogen-bond donors (Lipinski definition) is 2. The molecular formula is C13H20N2O.